The topological polar surface area (TPSA) is 74.6 Å². The number of carbonyl (C=O) groups excluding carboxylic acids is 2. The van der Waals surface area contributed by atoms with Gasteiger partial charge in [0, 0.05) is 18.3 Å². The molecule has 0 saturated heterocycles. The Bertz CT molecular complexity index is 828. The molecule has 1 aliphatic rings. The molecule has 1 aromatic heterocycles. The third-order valence-electron chi connectivity index (χ3n) is 5.58. The molecule has 2 amide bonds. The number of nitrogens with zero attached hydrogens (tertiary/aromatic N) is 1. The first-order valence-electron chi connectivity index (χ1n) is 10.6. The van der Waals surface area contributed by atoms with Crippen molar-refractivity contribution in [1.82, 2.24) is 10.2 Å². The van der Waals surface area contributed by atoms with Gasteiger partial charge < -0.3 is 20.0 Å². The van der Waals surface area contributed by atoms with Crippen LogP contribution in [0.5, 0.6) is 0 Å². The zero-order chi connectivity index (χ0) is 21.3. The van der Waals surface area contributed by atoms with E-state index in [0.29, 0.717) is 29.4 Å². The standard InChI is InChI=1S/C23H30BrN3O3/c1-27(19-6-3-2-4-7-19)15-5-14-25-22(28)16-17-8-10-18(11-9-17)26-23(29)20-12-13-21(24)30-20/h8-13,19H,2-7,14-16H2,1H3,(H,25,28)(H,26,29). The fourth-order valence-electron chi connectivity index (χ4n) is 3.84. The quantitative estimate of drug-likeness (QED) is 0.519. The van der Waals surface area contributed by atoms with Crippen molar-refractivity contribution in [3.8, 4) is 0 Å². The largest absolute Gasteiger partial charge is 0.444 e. The Morgan fingerprint density at radius 1 is 1.10 bits per heavy atom. The molecule has 162 valence electrons. The lowest BCUT2D eigenvalue weighted by molar-refractivity contribution is -0.120. The van der Waals surface area contributed by atoms with Crippen molar-refractivity contribution in [1.29, 1.82) is 0 Å². The molecule has 6 nitrogen and oxygen atoms in total. The second-order valence-corrected chi connectivity index (χ2v) is 8.69. The summed E-state index contributed by atoms with van der Waals surface area (Å²) in [5.41, 5.74) is 1.56. The predicted molar refractivity (Wildman–Crippen MR) is 122 cm³/mol. The van der Waals surface area contributed by atoms with Crippen LogP contribution in [0.15, 0.2) is 45.5 Å². The van der Waals surface area contributed by atoms with E-state index in [1.165, 1.54) is 32.1 Å². The first-order valence-corrected chi connectivity index (χ1v) is 11.4. The summed E-state index contributed by atoms with van der Waals surface area (Å²) in [6.45, 7) is 1.72. The minimum absolute atomic E-state index is 0.0209. The Balaban J connectivity index is 1.35. The number of carbonyl (C=O) groups is 2. The second kappa shape index (κ2) is 11.3. The molecule has 1 fully saturated rings. The van der Waals surface area contributed by atoms with Gasteiger partial charge in [-0.3, -0.25) is 9.59 Å². The smallest absolute Gasteiger partial charge is 0.291 e. The number of halogens is 1. The molecule has 7 heteroatoms. The van der Waals surface area contributed by atoms with Gasteiger partial charge in [0.1, 0.15) is 0 Å². The molecule has 1 saturated carbocycles. The zero-order valence-corrected chi connectivity index (χ0v) is 19.0. The Hall–Kier alpha value is -2.12. The maximum Gasteiger partial charge on any atom is 0.291 e. The van der Waals surface area contributed by atoms with Crippen molar-refractivity contribution in [2.45, 2.75) is 51.0 Å². The van der Waals surface area contributed by atoms with Crippen LogP contribution in [-0.4, -0.2) is 42.9 Å². The van der Waals surface area contributed by atoms with Crippen molar-refractivity contribution in [3.63, 3.8) is 0 Å². The van der Waals surface area contributed by atoms with Crippen LogP contribution in [0.1, 0.15) is 54.6 Å². The highest BCUT2D eigenvalue weighted by atomic mass is 79.9. The number of hydrogen-bond acceptors (Lipinski definition) is 4. The summed E-state index contributed by atoms with van der Waals surface area (Å²) in [5, 5.41) is 5.78. The first kappa shape index (κ1) is 22.6. The monoisotopic (exact) mass is 475 g/mol. The molecule has 3 rings (SSSR count). The molecule has 0 spiro atoms. The number of nitrogens with one attached hydrogen (secondary N) is 2. The van der Waals surface area contributed by atoms with Crippen molar-refractivity contribution < 1.29 is 14.0 Å². The van der Waals surface area contributed by atoms with Crippen LogP contribution < -0.4 is 10.6 Å². The summed E-state index contributed by atoms with van der Waals surface area (Å²) < 4.78 is 5.75. The van der Waals surface area contributed by atoms with Crippen molar-refractivity contribution in [2.75, 3.05) is 25.5 Å². The molecule has 0 aliphatic heterocycles. The maximum absolute atomic E-state index is 12.2. The van der Waals surface area contributed by atoms with Crippen LogP contribution in [-0.2, 0) is 11.2 Å². The molecule has 0 atom stereocenters. The van der Waals surface area contributed by atoms with Crippen LogP contribution in [0.25, 0.3) is 0 Å². The SMILES string of the molecule is CN(CCCNC(=O)Cc1ccc(NC(=O)c2ccc(Br)o2)cc1)C1CCCCC1. The summed E-state index contributed by atoms with van der Waals surface area (Å²) in [4.78, 5) is 26.7. The molecular formula is C23H30BrN3O3. The average molecular weight is 476 g/mol. The molecule has 0 radical (unpaired) electrons. The van der Waals surface area contributed by atoms with E-state index in [2.05, 4.69) is 38.5 Å². The lowest BCUT2D eigenvalue weighted by atomic mass is 9.94. The van der Waals surface area contributed by atoms with E-state index in [1.807, 2.05) is 12.1 Å². The van der Waals surface area contributed by atoms with Crippen LogP contribution in [0.3, 0.4) is 0 Å². The fourth-order valence-corrected chi connectivity index (χ4v) is 4.15. The van der Waals surface area contributed by atoms with Gasteiger partial charge in [-0.15, -0.1) is 0 Å². The van der Waals surface area contributed by atoms with Gasteiger partial charge in [0.15, 0.2) is 10.4 Å². The van der Waals surface area contributed by atoms with Crippen molar-refractivity contribution in [2.24, 2.45) is 0 Å². The van der Waals surface area contributed by atoms with E-state index < -0.39 is 0 Å². The average Bonchev–Trinajstić information content (AvgIpc) is 3.19. The van der Waals surface area contributed by atoms with E-state index >= 15 is 0 Å². The van der Waals surface area contributed by atoms with Gasteiger partial charge in [0.25, 0.3) is 5.91 Å². The molecule has 1 aliphatic carbocycles. The number of furan rings is 1. The number of benzene rings is 1. The molecule has 2 N–H and O–H groups in total. The van der Waals surface area contributed by atoms with E-state index in [1.54, 1.807) is 24.3 Å². The Labute approximate surface area is 186 Å². The zero-order valence-electron chi connectivity index (χ0n) is 17.5. The van der Waals surface area contributed by atoms with Gasteiger partial charge in [0.2, 0.25) is 5.91 Å². The third-order valence-corrected chi connectivity index (χ3v) is 6.01. The minimum Gasteiger partial charge on any atom is -0.444 e. The predicted octanol–water partition coefficient (Wildman–Crippen LogP) is 4.61. The first-order chi connectivity index (χ1) is 14.5. The van der Waals surface area contributed by atoms with Gasteiger partial charge in [-0.25, -0.2) is 0 Å². The second-order valence-electron chi connectivity index (χ2n) is 7.91. The molecule has 30 heavy (non-hydrogen) atoms. The van der Waals surface area contributed by atoms with E-state index in [4.69, 9.17) is 4.42 Å². The van der Waals surface area contributed by atoms with E-state index in [9.17, 15) is 9.59 Å². The number of hydrogen-bond donors (Lipinski definition) is 2. The highest BCUT2D eigenvalue weighted by Crippen LogP contribution is 2.21. The van der Waals surface area contributed by atoms with Crippen LogP contribution in [0.4, 0.5) is 5.69 Å². The molecule has 1 heterocycles. The lowest BCUT2D eigenvalue weighted by Gasteiger charge is -2.31. The summed E-state index contributed by atoms with van der Waals surface area (Å²) in [6, 6.07) is 11.3. The number of rotatable bonds is 9. The van der Waals surface area contributed by atoms with Gasteiger partial charge in [-0.05, 0) is 78.6 Å². The normalized spacial score (nSPS) is 14.6. The Morgan fingerprint density at radius 3 is 2.50 bits per heavy atom. The van der Waals surface area contributed by atoms with Gasteiger partial charge in [-0.1, -0.05) is 31.4 Å². The van der Waals surface area contributed by atoms with Gasteiger partial charge in [0.05, 0.1) is 6.42 Å². The van der Waals surface area contributed by atoms with Crippen molar-refractivity contribution in [3.05, 3.63) is 52.4 Å². The van der Waals surface area contributed by atoms with Crippen LogP contribution in [0, 0.1) is 0 Å². The number of amides is 2. The third kappa shape index (κ3) is 6.99. The highest BCUT2D eigenvalue weighted by Gasteiger charge is 2.17. The lowest BCUT2D eigenvalue weighted by Crippen LogP contribution is -2.36. The molecule has 2 aromatic rings. The Kier molecular flexibility index (Phi) is 8.51. The fraction of sp³-hybridized carbons (Fsp3) is 0.478. The summed E-state index contributed by atoms with van der Waals surface area (Å²) in [6.07, 6.45) is 7.96. The molecule has 1 aromatic carbocycles. The molecule has 0 unspecified atom stereocenters. The van der Waals surface area contributed by atoms with Crippen LogP contribution >= 0.6 is 15.9 Å². The maximum atomic E-state index is 12.2. The summed E-state index contributed by atoms with van der Waals surface area (Å²) in [5.74, 6) is -0.0589. The van der Waals surface area contributed by atoms with Crippen molar-refractivity contribution >= 4 is 33.4 Å². The minimum atomic E-state index is -0.315. The molecular weight excluding hydrogens is 446 g/mol. The number of anilines is 1. The molecule has 0 bridgehead atoms. The summed E-state index contributed by atoms with van der Waals surface area (Å²) >= 11 is 3.18. The Morgan fingerprint density at radius 2 is 1.83 bits per heavy atom. The summed E-state index contributed by atoms with van der Waals surface area (Å²) in [7, 11) is 2.20. The highest BCUT2D eigenvalue weighted by molar-refractivity contribution is 9.10. The van der Waals surface area contributed by atoms with Gasteiger partial charge >= 0.3 is 0 Å². The van der Waals surface area contributed by atoms with E-state index in [0.717, 1.165) is 18.5 Å². The van der Waals surface area contributed by atoms with Gasteiger partial charge in [-0.2, -0.15) is 0 Å². The van der Waals surface area contributed by atoms with E-state index in [-0.39, 0.29) is 17.6 Å². The van der Waals surface area contributed by atoms with Crippen LogP contribution in [0.2, 0.25) is 0 Å².